The molecular weight excluding hydrogens is 250 g/mol. The summed E-state index contributed by atoms with van der Waals surface area (Å²) in [5.41, 5.74) is 2.39. The Labute approximate surface area is 119 Å². The zero-order valence-electron chi connectivity index (χ0n) is 12.5. The summed E-state index contributed by atoms with van der Waals surface area (Å²) in [5, 5.41) is 11.4. The molecule has 0 spiro atoms. The van der Waals surface area contributed by atoms with Crippen LogP contribution >= 0.6 is 0 Å². The van der Waals surface area contributed by atoms with Crippen molar-refractivity contribution in [2.75, 3.05) is 18.4 Å². The van der Waals surface area contributed by atoms with Gasteiger partial charge in [0.1, 0.15) is 0 Å². The highest BCUT2D eigenvalue weighted by molar-refractivity contribution is 5.44. The fourth-order valence-corrected chi connectivity index (χ4v) is 2.87. The van der Waals surface area contributed by atoms with Gasteiger partial charge >= 0.3 is 0 Å². The third kappa shape index (κ3) is 2.63. The molecular formula is C15H23N5. The molecule has 5 heteroatoms. The van der Waals surface area contributed by atoms with E-state index >= 15 is 0 Å². The van der Waals surface area contributed by atoms with E-state index in [-0.39, 0.29) is 0 Å². The van der Waals surface area contributed by atoms with E-state index in [2.05, 4.69) is 47.6 Å². The maximum absolute atomic E-state index is 4.50. The zero-order valence-corrected chi connectivity index (χ0v) is 12.5. The molecule has 3 heterocycles. The Balaban J connectivity index is 1.70. The van der Waals surface area contributed by atoms with Crippen molar-refractivity contribution in [2.45, 2.75) is 39.7 Å². The van der Waals surface area contributed by atoms with Crippen LogP contribution < -0.4 is 10.6 Å². The molecule has 5 nitrogen and oxygen atoms in total. The van der Waals surface area contributed by atoms with Crippen LogP contribution in [-0.4, -0.2) is 33.7 Å². The van der Waals surface area contributed by atoms with Gasteiger partial charge in [-0.25, -0.2) is 4.52 Å². The van der Waals surface area contributed by atoms with Crippen molar-refractivity contribution in [1.82, 2.24) is 19.9 Å². The minimum atomic E-state index is 0.320. The van der Waals surface area contributed by atoms with Crippen molar-refractivity contribution < 1.29 is 0 Å². The third-order valence-corrected chi connectivity index (χ3v) is 4.28. The van der Waals surface area contributed by atoms with E-state index < -0.39 is 0 Å². The van der Waals surface area contributed by atoms with Gasteiger partial charge in [0.25, 0.3) is 0 Å². The molecule has 2 N–H and O–H groups in total. The Morgan fingerprint density at radius 1 is 1.45 bits per heavy atom. The van der Waals surface area contributed by atoms with E-state index in [9.17, 15) is 0 Å². The lowest BCUT2D eigenvalue weighted by atomic mass is 9.77. The number of aryl methyl sites for hydroxylation is 1. The number of hydrogen-bond acceptors (Lipinski definition) is 4. The van der Waals surface area contributed by atoms with Gasteiger partial charge in [0.15, 0.2) is 5.65 Å². The SMILES string of the molecule is Cc1ccc2nc(NCC3NCCCC3(C)C)nn2c1. The summed E-state index contributed by atoms with van der Waals surface area (Å²) in [7, 11) is 0. The Morgan fingerprint density at radius 3 is 3.10 bits per heavy atom. The number of nitrogens with zero attached hydrogens (tertiary/aromatic N) is 3. The van der Waals surface area contributed by atoms with E-state index in [0.717, 1.165) is 18.7 Å². The van der Waals surface area contributed by atoms with Crippen molar-refractivity contribution in [1.29, 1.82) is 0 Å². The molecule has 1 atom stereocenters. The first-order valence-corrected chi connectivity index (χ1v) is 7.35. The minimum absolute atomic E-state index is 0.320. The number of fused-ring (bicyclic) bond motifs is 1. The number of anilines is 1. The highest BCUT2D eigenvalue weighted by atomic mass is 15.3. The van der Waals surface area contributed by atoms with Gasteiger partial charge in [-0.2, -0.15) is 4.98 Å². The first kappa shape index (κ1) is 13.4. The number of rotatable bonds is 3. The van der Waals surface area contributed by atoms with Crippen LogP contribution in [0.2, 0.25) is 0 Å². The van der Waals surface area contributed by atoms with Crippen LogP contribution in [0.25, 0.3) is 5.65 Å². The van der Waals surface area contributed by atoms with E-state index in [1.807, 2.05) is 16.8 Å². The van der Waals surface area contributed by atoms with Crippen molar-refractivity contribution in [3.05, 3.63) is 23.9 Å². The lowest BCUT2D eigenvalue weighted by Gasteiger charge is -2.39. The van der Waals surface area contributed by atoms with Gasteiger partial charge in [-0.15, -0.1) is 5.10 Å². The lowest BCUT2D eigenvalue weighted by molar-refractivity contribution is 0.188. The summed E-state index contributed by atoms with van der Waals surface area (Å²) in [6.45, 7) is 8.68. The normalized spacial score (nSPS) is 22.1. The molecule has 1 aliphatic rings. The topological polar surface area (TPSA) is 54.2 Å². The van der Waals surface area contributed by atoms with Crippen LogP contribution in [-0.2, 0) is 0 Å². The summed E-state index contributed by atoms with van der Waals surface area (Å²) in [5.74, 6) is 0.707. The molecule has 1 unspecified atom stereocenters. The standard InChI is InChI=1S/C15H23N5/c1-11-5-6-13-18-14(19-20(13)10-11)17-9-12-15(2,3)7-4-8-16-12/h5-6,10,12,16H,4,7-9H2,1-3H3,(H,17,19). The molecule has 0 radical (unpaired) electrons. The Kier molecular flexibility index (Phi) is 3.38. The summed E-state index contributed by atoms with van der Waals surface area (Å²) >= 11 is 0. The average Bonchev–Trinajstić information content (AvgIpc) is 2.79. The largest absolute Gasteiger partial charge is 0.351 e. The number of aromatic nitrogens is 3. The van der Waals surface area contributed by atoms with Gasteiger partial charge in [-0.05, 0) is 43.4 Å². The van der Waals surface area contributed by atoms with Gasteiger partial charge < -0.3 is 10.6 Å². The van der Waals surface area contributed by atoms with Gasteiger partial charge in [0.2, 0.25) is 5.95 Å². The maximum atomic E-state index is 4.50. The van der Waals surface area contributed by atoms with Crippen LogP contribution in [0.1, 0.15) is 32.3 Å². The van der Waals surface area contributed by atoms with E-state index in [0.29, 0.717) is 17.4 Å². The lowest BCUT2D eigenvalue weighted by Crippen LogP contribution is -2.50. The number of hydrogen-bond donors (Lipinski definition) is 2. The molecule has 1 fully saturated rings. The predicted molar refractivity (Wildman–Crippen MR) is 81.0 cm³/mol. The monoisotopic (exact) mass is 273 g/mol. The molecule has 20 heavy (non-hydrogen) atoms. The molecule has 1 aliphatic heterocycles. The van der Waals surface area contributed by atoms with Crippen LogP contribution in [0.5, 0.6) is 0 Å². The Hall–Kier alpha value is -1.62. The molecule has 0 aromatic carbocycles. The van der Waals surface area contributed by atoms with Crippen molar-refractivity contribution >= 4 is 11.6 Å². The molecule has 0 amide bonds. The third-order valence-electron chi connectivity index (χ3n) is 4.28. The number of piperidine rings is 1. The van der Waals surface area contributed by atoms with E-state index in [1.165, 1.54) is 18.4 Å². The first-order valence-electron chi connectivity index (χ1n) is 7.35. The highest BCUT2D eigenvalue weighted by Crippen LogP contribution is 2.29. The quantitative estimate of drug-likeness (QED) is 0.900. The second-order valence-corrected chi connectivity index (χ2v) is 6.42. The smallest absolute Gasteiger partial charge is 0.243 e. The molecule has 0 saturated carbocycles. The predicted octanol–water partition coefficient (Wildman–Crippen LogP) is 2.23. The molecule has 108 valence electrons. The van der Waals surface area contributed by atoms with Crippen molar-refractivity contribution in [3.63, 3.8) is 0 Å². The number of nitrogens with one attached hydrogen (secondary N) is 2. The fraction of sp³-hybridized carbons (Fsp3) is 0.600. The first-order chi connectivity index (χ1) is 9.54. The summed E-state index contributed by atoms with van der Waals surface area (Å²) in [6.07, 6.45) is 4.52. The molecule has 0 aliphatic carbocycles. The van der Waals surface area contributed by atoms with E-state index in [1.54, 1.807) is 0 Å². The van der Waals surface area contributed by atoms with Crippen LogP contribution in [0.4, 0.5) is 5.95 Å². The maximum Gasteiger partial charge on any atom is 0.243 e. The zero-order chi connectivity index (χ0) is 14.2. The van der Waals surface area contributed by atoms with Gasteiger partial charge in [0.05, 0.1) is 0 Å². The van der Waals surface area contributed by atoms with E-state index in [4.69, 9.17) is 0 Å². The Morgan fingerprint density at radius 2 is 2.30 bits per heavy atom. The second kappa shape index (κ2) is 5.05. The molecule has 3 rings (SSSR count). The fourth-order valence-electron chi connectivity index (χ4n) is 2.87. The molecule has 0 bridgehead atoms. The minimum Gasteiger partial charge on any atom is -0.351 e. The van der Waals surface area contributed by atoms with Gasteiger partial charge in [-0.1, -0.05) is 19.9 Å². The summed E-state index contributed by atoms with van der Waals surface area (Å²) in [4.78, 5) is 4.50. The summed E-state index contributed by atoms with van der Waals surface area (Å²) < 4.78 is 1.83. The average molecular weight is 273 g/mol. The molecule has 2 aromatic heterocycles. The highest BCUT2D eigenvalue weighted by Gasteiger charge is 2.31. The molecule has 1 saturated heterocycles. The van der Waals surface area contributed by atoms with Gasteiger partial charge in [-0.3, -0.25) is 0 Å². The summed E-state index contributed by atoms with van der Waals surface area (Å²) in [6, 6.07) is 4.51. The van der Waals surface area contributed by atoms with Crippen LogP contribution in [0.3, 0.4) is 0 Å². The van der Waals surface area contributed by atoms with Crippen LogP contribution in [0, 0.1) is 12.3 Å². The Bertz CT molecular complexity index is 601. The van der Waals surface area contributed by atoms with Crippen LogP contribution in [0.15, 0.2) is 18.3 Å². The molecule has 2 aromatic rings. The van der Waals surface area contributed by atoms with Crippen molar-refractivity contribution in [2.24, 2.45) is 5.41 Å². The number of pyridine rings is 1. The second-order valence-electron chi connectivity index (χ2n) is 6.42. The van der Waals surface area contributed by atoms with Crippen molar-refractivity contribution in [3.8, 4) is 0 Å². The van der Waals surface area contributed by atoms with Gasteiger partial charge in [0, 0.05) is 18.8 Å².